The summed E-state index contributed by atoms with van der Waals surface area (Å²) in [7, 11) is 1.63. The minimum Gasteiger partial charge on any atom is -0.364 e. The number of pyridine rings is 3. The second-order valence-electron chi connectivity index (χ2n) is 8.26. The Labute approximate surface area is 187 Å². The minimum atomic E-state index is -0.347. The number of nitriles is 1. The summed E-state index contributed by atoms with van der Waals surface area (Å²) >= 11 is 0. The number of anilines is 1. The molecule has 0 N–H and O–H groups in total. The molecule has 4 heterocycles. The summed E-state index contributed by atoms with van der Waals surface area (Å²) in [6, 6.07) is 11.8. The van der Waals surface area contributed by atoms with Gasteiger partial charge in [-0.15, -0.1) is 4.98 Å². The number of fused-ring (bicyclic) bond motifs is 1. The largest absolute Gasteiger partial charge is 0.364 e. The second-order valence-corrected chi connectivity index (χ2v) is 8.26. The third kappa shape index (κ3) is 3.59. The molecule has 8 nitrogen and oxygen atoms in total. The van der Waals surface area contributed by atoms with Gasteiger partial charge in [-0.3, -0.25) is 14.7 Å². The fourth-order valence-electron chi connectivity index (χ4n) is 4.57. The lowest BCUT2D eigenvalue weighted by molar-refractivity contribution is 0.136. The fourth-order valence-corrected chi connectivity index (χ4v) is 4.57. The average Bonchev–Trinajstić information content (AvgIpc) is 2.80. The molecule has 1 aliphatic rings. The van der Waals surface area contributed by atoms with Gasteiger partial charge >= 0.3 is 0 Å². The molecule has 3 aromatic heterocycles. The van der Waals surface area contributed by atoms with Gasteiger partial charge in [0.1, 0.15) is 17.3 Å². The van der Waals surface area contributed by atoms with Crippen LogP contribution in [0.4, 0.5) is 11.5 Å². The molecule has 32 heavy (non-hydrogen) atoms. The quantitative estimate of drug-likeness (QED) is 0.597. The molecule has 1 unspecified atom stereocenters. The first-order valence-corrected chi connectivity index (χ1v) is 10.6. The number of piperazine rings is 1. The summed E-state index contributed by atoms with van der Waals surface area (Å²) in [5.74, 6) is 0.243. The van der Waals surface area contributed by atoms with Crippen molar-refractivity contribution in [2.45, 2.75) is 32.9 Å². The average molecular weight is 428 g/mol. The lowest BCUT2D eigenvalue weighted by Crippen LogP contribution is -2.53. The molecule has 1 fully saturated rings. The highest BCUT2D eigenvalue weighted by atomic mass is 16.1. The lowest BCUT2D eigenvalue weighted by atomic mass is 10.0. The van der Waals surface area contributed by atoms with E-state index in [2.05, 4.69) is 50.6 Å². The summed E-state index contributed by atoms with van der Waals surface area (Å²) in [6.45, 7) is 15.7. The second kappa shape index (κ2) is 8.41. The molecule has 0 radical (unpaired) electrons. The maximum Gasteiger partial charge on any atom is 0.271 e. The zero-order valence-corrected chi connectivity index (χ0v) is 18.7. The molecule has 1 saturated heterocycles. The SMILES string of the molecule is [C-]#[N+]c1ccc2c(n1)c(N1CCN(C(C)c3cccc(C)n3)[C@H](C)C1)c(C#N)c(=O)n2C. The maximum atomic E-state index is 12.9. The molecular formula is C24H25N7O. The van der Waals surface area contributed by atoms with E-state index in [0.29, 0.717) is 29.8 Å². The number of nitrogens with zero attached hydrogens (tertiary/aromatic N) is 7. The summed E-state index contributed by atoms with van der Waals surface area (Å²) in [5.41, 5.74) is 3.42. The van der Waals surface area contributed by atoms with Crippen molar-refractivity contribution in [3.63, 3.8) is 0 Å². The van der Waals surface area contributed by atoms with E-state index in [1.54, 1.807) is 19.2 Å². The molecule has 0 amide bonds. The van der Waals surface area contributed by atoms with Gasteiger partial charge in [0.05, 0.1) is 11.2 Å². The molecule has 0 spiro atoms. The van der Waals surface area contributed by atoms with E-state index in [4.69, 9.17) is 6.57 Å². The van der Waals surface area contributed by atoms with Gasteiger partial charge in [-0.25, -0.2) is 0 Å². The third-order valence-corrected chi connectivity index (χ3v) is 6.26. The molecule has 0 aliphatic carbocycles. The van der Waals surface area contributed by atoms with E-state index in [0.717, 1.165) is 17.9 Å². The van der Waals surface area contributed by atoms with Gasteiger partial charge in [0.2, 0.25) is 5.52 Å². The Morgan fingerprint density at radius 1 is 1.25 bits per heavy atom. The van der Waals surface area contributed by atoms with Crippen LogP contribution in [-0.4, -0.2) is 45.1 Å². The van der Waals surface area contributed by atoms with Crippen LogP contribution in [0.15, 0.2) is 35.1 Å². The monoisotopic (exact) mass is 427 g/mol. The number of aromatic nitrogens is 3. The highest BCUT2D eigenvalue weighted by Gasteiger charge is 2.32. The molecule has 0 aromatic carbocycles. The van der Waals surface area contributed by atoms with Crippen LogP contribution in [0.25, 0.3) is 15.9 Å². The van der Waals surface area contributed by atoms with Crippen molar-refractivity contribution in [3.8, 4) is 6.07 Å². The Hall–Kier alpha value is -3.75. The number of hydrogen-bond acceptors (Lipinski definition) is 6. The molecule has 0 saturated carbocycles. The van der Waals surface area contributed by atoms with Gasteiger partial charge in [-0.1, -0.05) is 12.6 Å². The molecular weight excluding hydrogens is 402 g/mol. The highest BCUT2D eigenvalue weighted by Crippen LogP contribution is 2.32. The van der Waals surface area contributed by atoms with Crippen molar-refractivity contribution in [1.29, 1.82) is 5.26 Å². The molecule has 162 valence electrons. The van der Waals surface area contributed by atoms with Crippen molar-refractivity contribution in [1.82, 2.24) is 19.4 Å². The van der Waals surface area contributed by atoms with E-state index in [-0.39, 0.29) is 29.0 Å². The maximum absolute atomic E-state index is 12.9. The van der Waals surface area contributed by atoms with Crippen LogP contribution in [0.2, 0.25) is 0 Å². The van der Waals surface area contributed by atoms with Crippen LogP contribution in [0.3, 0.4) is 0 Å². The van der Waals surface area contributed by atoms with Crippen LogP contribution in [0, 0.1) is 24.8 Å². The first-order valence-electron chi connectivity index (χ1n) is 10.6. The van der Waals surface area contributed by atoms with Gasteiger partial charge in [-0.05, 0) is 45.0 Å². The van der Waals surface area contributed by atoms with Gasteiger partial charge in [0, 0.05) is 44.5 Å². The van der Waals surface area contributed by atoms with Gasteiger partial charge in [0.15, 0.2) is 0 Å². The fraction of sp³-hybridized carbons (Fsp3) is 0.375. The normalized spacial score (nSPS) is 17.7. The Bertz CT molecular complexity index is 1330. The lowest BCUT2D eigenvalue weighted by Gasteiger charge is -2.43. The first kappa shape index (κ1) is 21.5. The Morgan fingerprint density at radius 3 is 2.69 bits per heavy atom. The number of rotatable bonds is 3. The van der Waals surface area contributed by atoms with Crippen LogP contribution >= 0.6 is 0 Å². The van der Waals surface area contributed by atoms with E-state index < -0.39 is 0 Å². The molecule has 0 bridgehead atoms. The highest BCUT2D eigenvalue weighted by molar-refractivity contribution is 5.92. The van der Waals surface area contributed by atoms with E-state index in [9.17, 15) is 10.1 Å². The van der Waals surface area contributed by atoms with E-state index in [1.165, 1.54) is 4.57 Å². The molecule has 8 heteroatoms. The predicted molar refractivity (Wildman–Crippen MR) is 124 cm³/mol. The zero-order chi connectivity index (χ0) is 23.0. The van der Waals surface area contributed by atoms with Crippen molar-refractivity contribution >= 4 is 22.5 Å². The Balaban J connectivity index is 1.74. The molecule has 3 aromatic rings. The van der Waals surface area contributed by atoms with Crippen molar-refractivity contribution in [2.24, 2.45) is 7.05 Å². The number of aryl methyl sites for hydroxylation is 2. The Kier molecular flexibility index (Phi) is 5.65. The van der Waals surface area contributed by atoms with Crippen LogP contribution in [-0.2, 0) is 7.05 Å². The molecule has 2 atom stereocenters. The van der Waals surface area contributed by atoms with E-state index in [1.807, 2.05) is 19.1 Å². The molecule has 4 rings (SSSR count). The topological polar surface area (TPSA) is 82.4 Å². The summed E-state index contributed by atoms with van der Waals surface area (Å²) in [5, 5.41) is 9.82. The van der Waals surface area contributed by atoms with Crippen molar-refractivity contribution in [3.05, 3.63) is 69.1 Å². The number of hydrogen-bond donors (Lipinski definition) is 0. The minimum absolute atomic E-state index is 0.0729. The van der Waals surface area contributed by atoms with Crippen molar-refractivity contribution < 1.29 is 0 Å². The predicted octanol–water partition coefficient (Wildman–Crippen LogP) is 3.33. The van der Waals surface area contributed by atoms with Crippen molar-refractivity contribution in [2.75, 3.05) is 24.5 Å². The van der Waals surface area contributed by atoms with Gasteiger partial charge in [0.25, 0.3) is 11.4 Å². The first-order chi connectivity index (χ1) is 15.3. The zero-order valence-electron chi connectivity index (χ0n) is 18.7. The summed E-state index contributed by atoms with van der Waals surface area (Å²) < 4.78 is 1.43. The Morgan fingerprint density at radius 2 is 2.03 bits per heavy atom. The van der Waals surface area contributed by atoms with Gasteiger partial charge < -0.3 is 14.3 Å². The van der Waals surface area contributed by atoms with Crippen LogP contribution < -0.4 is 10.5 Å². The molecule has 1 aliphatic heterocycles. The summed E-state index contributed by atoms with van der Waals surface area (Å²) in [6.07, 6.45) is 0. The van der Waals surface area contributed by atoms with E-state index >= 15 is 0 Å². The third-order valence-electron chi connectivity index (χ3n) is 6.26. The summed E-state index contributed by atoms with van der Waals surface area (Å²) in [4.78, 5) is 30.0. The smallest absolute Gasteiger partial charge is 0.271 e. The van der Waals surface area contributed by atoms with Gasteiger partial charge in [-0.2, -0.15) is 5.26 Å². The van der Waals surface area contributed by atoms with Crippen LogP contribution in [0.5, 0.6) is 0 Å². The van der Waals surface area contributed by atoms with Crippen LogP contribution in [0.1, 0.15) is 36.8 Å². The standard InChI is InChI=1S/C24H25N7O/c1-15-7-6-8-19(27-15)17(3)31-12-11-30(14-16(31)2)23-18(13-25)24(32)29(5)20-9-10-21(26-4)28-22(20)23/h6-10,16-17H,11-12,14H2,1-3,5H3/t16-,17?/m1/s1.